The number of aromatic nitrogens is 3. The van der Waals surface area contributed by atoms with Gasteiger partial charge in [0.15, 0.2) is 0 Å². The van der Waals surface area contributed by atoms with Gasteiger partial charge in [-0.15, -0.1) is 0 Å². The van der Waals surface area contributed by atoms with Gasteiger partial charge in [-0.25, -0.2) is 4.98 Å². The third-order valence-corrected chi connectivity index (χ3v) is 2.75. The highest BCUT2D eigenvalue weighted by Gasteiger charge is 2.16. The maximum atomic E-state index is 10.2. The minimum atomic E-state index is -0.225. The number of aryl methyl sites for hydroxylation is 1. The Kier molecular flexibility index (Phi) is 2.19. The van der Waals surface area contributed by atoms with Crippen molar-refractivity contribution in [2.75, 3.05) is 0 Å². The topological polar surface area (TPSA) is 70.7 Å². The summed E-state index contributed by atoms with van der Waals surface area (Å²) in [6, 6.07) is 9.12. The zero-order chi connectivity index (χ0) is 12.7. The second kappa shape index (κ2) is 3.73. The minimum Gasteiger partial charge on any atom is -0.494 e. The van der Waals surface area contributed by atoms with Gasteiger partial charge in [-0.1, -0.05) is 30.3 Å². The van der Waals surface area contributed by atoms with E-state index in [0.717, 1.165) is 5.69 Å². The molecule has 90 valence electrons. The molecule has 3 aromatic rings. The smallest absolute Gasteiger partial charge is 0.240 e. The largest absolute Gasteiger partial charge is 0.494 e. The van der Waals surface area contributed by atoms with Gasteiger partial charge in [0.25, 0.3) is 0 Å². The van der Waals surface area contributed by atoms with Crippen LogP contribution in [0.1, 0.15) is 5.69 Å². The highest BCUT2D eigenvalue weighted by molar-refractivity contribution is 5.74. The number of nitrogens with zero attached hydrogens (tertiary/aromatic N) is 3. The maximum Gasteiger partial charge on any atom is 0.240 e. The fraction of sp³-hybridized carbons (Fsp3) is 0.0769. The molecule has 0 bridgehead atoms. The Labute approximate surface area is 103 Å². The van der Waals surface area contributed by atoms with Crippen LogP contribution in [0.3, 0.4) is 0 Å². The Morgan fingerprint density at radius 1 is 1.06 bits per heavy atom. The van der Waals surface area contributed by atoms with Crippen LogP contribution >= 0.6 is 0 Å². The van der Waals surface area contributed by atoms with Crippen molar-refractivity contribution in [2.24, 2.45) is 0 Å². The number of imidazole rings is 1. The van der Waals surface area contributed by atoms with Crippen molar-refractivity contribution >= 4 is 5.78 Å². The predicted octanol–water partition coefficient (Wildman–Crippen LogP) is 2.12. The van der Waals surface area contributed by atoms with Crippen LogP contribution in [-0.2, 0) is 0 Å². The van der Waals surface area contributed by atoms with Gasteiger partial charge >= 0.3 is 0 Å². The second-order valence-electron chi connectivity index (χ2n) is 4.05. The molecular weight excluding hydrogens is 230 g/mol. The molecule has 2 heterocycles. The van der Waals surface area contributed by atoms with Gasteiger partial charge in [0.1, 0.15) is 5.56 Å². The molecule has 0 aliphatic carbocycles. The molecule has 0 aliphatic heterocycles. The maximum absolute atomic E-state index is 10.2. The van der Waals surface area contributed by atoms with Gasteiger partial charge in [0, 0.05) is 6.20 Å². The van der Waals surface area contributed by atoms with Crippen LogP contribution in [0.5, 0.6) is 11.8 Å². The van der Waals surface area contributed by atoms with Crippen molar-refractivity contribution in [1.82, 2.24) is 14.4 Å². The van der Waals surface area contributed by atoms with Gasteiger partial charge in [0.05, 0.1) is 5.69 Å². The third kappa shape index (κ3) is 1.48. The molecule has 2 aromatic heterocycles. The van der Waals surface area contributed by atoms with Crippen LogP contribution in [-0.4, -0.2) is 24.6 Å². The average Bonchev–Trinajstić information content (AvgIpc) is 2.71. The predicted molar refractivity (Wildman–Crippen MR) is 66.5 cm³/mol. The molecule has 0 atom stereocenters. The third-order valence-electron chi connectivity index (χ3n) is 2.75. The van der Waals surface area contributed by atoms with Crippen molar-refractivity contribution in [1.29, 1.82) is 0 Å². The number of benzene rings is 1. The van der Waals surface area contributed by atoms with Gasteiger partial charge in [-0.2, -0.15) is 4.98 Å². The molecule has 0 amide bonds. The molecule has 18 heavy (non-hydrogen) atoms. The van der Waals surface area contributed by atoms with E-state index in [1.54, 1.807) is 25.3 Å². The summed E-state index contributed by atoms with van der Waals surface area (Å²) in [7, 11) is 0. The first-order chi connectivity index (χ1) is 8.66. The molecule has 2 N–H and O–H groups in total. The molecule has 0 radical (unpaired) electrons. The fourth-order valence-corrected chi connectivity index (χ4v) is 1.95. The summed E-state index contributed by atoms with van der Waals surface area (Å²) in [5.41, 5.74) is 1.73. The zero-order valence-corrected chi connectivity index (χ0v) is 9.70. The molecule has 0 unspecified atom stereocenters. The van der Waals surface area contributed by atoms with E-state index in [1.807, 2.05) is 18.2 Å². The van der Waals surface area contributed by atoms with E-state index < -0.39 is 0 Å². The number of hydrogen-bond acceptors (Lipinski definition) is 4. The molecule has 5 heteroatoms. The lowest BCUT2D eigenvalue weighted by atomic mass is 10.1. The van der Waals surface area contributed by atoms with E-state index in [-0.39, 0.29) is 17.5 Å². The molecule has 0 aliphatic rings. The van der Waals surface area contributed by atoms with Crippen molar-refractivity contribution < 1.29 is 10.2 Å². The Morgan fingerprint density at radius 2 is 1.78 bits per heavy atom. The van der Waals surface area contributed by atoms with Crippen molar-refractivity contribution in [3.63, 3.8) is 0 Å². The first-order valence-corrected chi connectivity index (χ1v) is 5.50. The molecule has 0 saturated heterocycles. The lowest BCUT2D eigenvalue weighted by Gasteiger charge is -2.08. The highest BCUT2D eigenvalue weighted by Crippen LogP contribution is 2.35. The van der Waals surface area contributed by atoms with E-state index in [9.17, 15) is 10.2 Å². The molecule has 5 nitrogen and oxygen atoms in total. The minimum absolute atomic E-state index is 0.0655. The lowest BCUT2D eigenvalue weighted by Crippen LogP contribution is -1.93. The number of hydrogen-bond donors (Lipinski definition) is 2. The summed E-state index contributed by atoms with van der Waals surface area (Å²) in [5.74, 6) is -0.0109. The summed E-state index contributed by atoms with van der Waals surface area (Å²) in [4.78, 5) is 8.08. The standard InChI is InChI=1S/C13H11N3O2/c1-8-7-16-12(18)10(9-5-3-2-4-6-9)11(17)15-13(16)14-8/h2-7,18H,1H3,(H,14,15,17). The summed E-state index contributed by atoms with van der Waals surface area (Å²) >= 11 is 0. The van der Waals surface area contributed by atoms with Crippen LogP contribution in [0, 0.1) is 6.92 Å². The average molecular weight is 241 g/mol. The summed E-state index contributed by atoms with van der Waals surface area (Å²) in [6.45, 7) is 1.80. The van der Waals surface area contributed by atoms with Crippen LogP contribution in [0.4, 0.5) is 0 Å². The molecule has 3 rings (SSSR count). The summed E-state index contributed by atoms with van der Waals surface area (Å²) in [6.07, 6.45) is 1.67. The molecule has 1 aromatic carbocycles. The highest BCUT2D eigenvalue weighted by atomic mass is 16.3. The Morgan fingerprint density at radius 3 is 2.50 bits per heavy atom. The Balaban J connectivity index is 2.36. The van der Waals surface area contributed by atoms with Gasteiger partial charge < -0.3 is 10.2 Å². The SMILES string of the molecule is Cc1cn2c(O)c(-c3ccccc3)c(O)nc2n1. The van der Waals surface area contributed by atoms with Gasteiger partial charge in [0.2, 0.25) is 17.5 Å². The van der Waals surface area contributed by atoms with Crippen LogP contribution < -0.4 is 0 Å². The van der Waals surface area contributed by atoms with Crippen molar-refractivity contribution in [2.45, 2.75) is 6.92 Å². The molecule has 0 saturated carbocycles. The zero-order valence-electron chi connectivity index (χ0n) is 9.70. The van der Waals surface area contributed by atoms with Crippen molar-refractivity contribution in [3.05, 3.63) is 42.2 Å². The van der Waals surface area contributed by atoms with Gasteiger partial charge in [-0.05, 0) is 12.5 Å². The molecule has 0 spiro atoms. The Hall–Kier alpha value is -2.56. The number of fused-ring (bicyclic) bond motifs is 1. The van der Waals surface area contributed by atoms with Crippen LogP contribution in [0.2, 0.25) is 0 Å². The lowest BCUT2D eigenvalue weighted by molar-refractivity contribution is 0.423. The first-order valence-electron chi connectivity index (χ1n) is 5.50. The normalized spacial score (nSPS) is 10.9. The summed E-state index contributed by atoms with van der Waals surface area (Å²) in [5, 5.41) is 20.1. The molecule has 0 fully saturated rings. The van der Waals surface area contributed by atoms with Crippen LogP contribution in [0.15, 0.2) is 36.5 Å². The molecular formula is C13H11N3O2. The van der Waals surface area contributed by atoms with Gasteiger partial charge in [-0.3, -0.25) is 4.40 Å². The quantitative estimate of drug-likeness (QED) is 0.684. The number of rotatable bonds is 1. The first kappa shape index (κ1) is 10.6. The summed E-state index contributed by atoms with van der Waals surface area (Å²) < 4.78 is 1.46. The van der Waals surface area contributed by atoms with Crippen molar-refractivity contribution in [3.8, 4) is 22.9 Å². The second-order valence-corrected chi connectivity index (χ2v) is 4.05. The number of aromatic hydroxyl groups is 2. The van der Waals surface area contributed by atoms with E-state index in [4.69, 9.17) is 0 Å². The fourth-order valence-electron chi connectivity index (χ4n) is 1.95. The van der Waals surface area contributed by atoms with E-state index in [2.05, 4.69) is 9.97 Å². The van der Waals surface area contributed by atoms with E-state index in [0.29, 0.717) is 11.1 Å². The van der Waals surface area contributed by atoms with Crippen LogP contribution in [0.25, 0.3) is 16.9 Å². The Bertz CT molecular complexity index is 720. The van der Waals surface area contributed by atoms with E-state index >= 15 is 0 Å². The van der Waals surface area contributed by atoms with E-state index in [1.165, 1.54) is 4.40 Å². The monoisotopic (exact) mass is 241 g/mol.